The maximum atomic E-state index is 13.7. The average molecular weight is 481 g/mol. The van der Waals surface area contributed by atoms with Gasteiger partial charge in [-0.1, -0.05) is 31.4 Å². The summed E-state index contributed by atoms with van der Waals surface area (Å²) in [5.41, 5.74) is 3.37. The predicted molar refractivity (Wildman–Crippen MR) is 130 cm³/mol. The van der Waals surface area contributed by atoms with Crippen molar-refractivity contribution in [2.75, 3.05) is 12.0 Å². The van der Waals surface area contributed by atoms with E-state index < -0.39 is 9.84 Å². The minimum Gasteiger partial charge on any atom is -0.263 e. The van der Waals surface area contributed by atoms with Gasteiger partial charge in [0.15, 0.2) is 9.84 Å². The summed E-state index contributed by atoms with van der Waals surface area (Å²) in [4.78, 5) is 5.29. The Labute approximate surface area is 198 Å². The first-order valence-corrected chi connectivity index (χ1v) is 13.9. The van der Waals surface area contributed by atoms with Crippen LogP contribution in [0.2, 0.25) is 0 Å². The zero-order valence-corrected chi connectivity index (χ0v) is 20.1. The van der Waals surface area contributed by atoms with Crippen molar-refractivity contribution in [3.05, 3.63) is 66.2 Å². The van der Waals surface area contributed by atoms with Crippen LogP contribution in [0.3, 0.4) is 0 Å². The van der Waals surface area contributed by atoms with Crippen molar-refractivity contribution in [2.24, 2.45) is 5.92 Å². The molecule has 0 atom stereocenters. The molecule has 0 radical (unpaired) electrons. The molecule has 7 heteroatoms. The molecule has 1 aromatic heterocycles. The van der Waals surface area contributed by atoms with Gasteiger partial charge in [-0.15, -0.1) is 11.8 Å². The summed E-state index contributed by atoms with van der Waals surface area (Å²) in [7, 11) is -3.47. The van der Waals surface area contributed by atoms with Gasteiger partial charge < -0.3 is 0 Å². The second kappa shape index (κ2) is 10.1. The molecule has 0 amide bonds. The second-order valence-corrected chi connectivity index (χ2v) is 11.6. The zero-order valence-electron chi connectivity index (χ0n) is 18.4. The van der Waals surface area contributed by atoms with E-state index in [9.17, 15) is 18.1 Å². The van der Waals surface area contributed by atoms with E-state index in [4.69, 9.17) is 0 Å². The quantitative estimate of drug-likeness (QED) is 0.377. The lowest BCUT2D eigenvalue weighted by molar-refractivity contribution is 0.391. The molecule has 0 spiro atoms. The molecule has 2 aromatic carbocycles. The number of rotatable bonds is 6. The van der Waals surface area contributed by atoms with Crippen LogP contribution in [0.1, 0.15) is 37.7 Å². The Bertz CT molecular complexity index is 1290. The van der Waals surface area contributed by atoms with E-state index in [2.05, 4.69) is 11.1 Å². The summed E-state index contributed by atoms with van der Waals surface area (Å²) in [6, 6.07) is 13.3. The standard InChI is InChI=1S/C26H25FN2O2S2/c1-33(30,31)23-12-24(20-7-9-22(27)10-8-20)26(21-11-19(14-28)15-29-16-21)25(13-23)32-17-18-5-3-2-4-6-18/h7-13,15-16,18H,2-6,17H2,1H3. The van der Waals surface area contributed by atoms with Gasteiger partial charge in [-0.05, 0) is 60.2 Å². The lowest BCUT2D eigenvalue weighted by Crippen LogP contribution is -2.09. The molecule has 0 aliphatic heterocycles. The number of hydrogen-bond donors (Lipinski definition) is 0. The third-order valence-corrected chi connectivity index (χ3v) is 8.38. The van der Waals surface area contributed by atoms with Crippen LogP contribution in [-0.4, -0.2) is 25.4 Å². The lowest BCUT2D eigenvalue weighted by Gasteiger charge is -2.23. The van der Waals surface area contributed by atoms with E-state index in [1.165, 1.54) is 56.7 Å². The van der Waals surface area contributed by atoms with Crippen LogP contribution in [0, 0.1) is 23.1 Å². The molecule has 33 heavy (non-hydrogen) atoms. The van der Waals surface area contributed by atoms with Gasteiger partial charge in [0.05, 0.1) is 10.5 Å². The number of halogens is 1. The molecule has 4 nitrogen and oxygen atoms in total. The number of thioether (sulfide) groups is 1. The molecule has 4 rings (SSSR count). The first-order chi connectivity index (χ1) is 15.8. The highest BCUT2D eigenvalue weighted by Crippen LogP contribution is 2.43. The zero-order chi connectivity index (χ0) is 23.4. The van der Waals surface area contributed by atoms with Crippen LogP contribution in [0.25, 0.3) is 22.3 Å². The number of pyridine rings is 1. The fraction of sp³-hybridized carbons (Fsp3) is 0.308. The molecule has 1 aliphatic carbocycles. The number of benzene rings is 2. The first-order valence-electron chi connectivity index (χ1n) is 11.0. The monoisotopic (exact) mass is 480 g/mol. The molecule has 0 unspecified atom stereocenters. The van der Waals surface area contributed by atoms with Crippen LogP contribution in [0.15, 0.2) is 64.6 Å². The molecule has 0 bridgehead atoms. The number of sulfone groups is 1. The van der Waals surface area contributed by atoms with E-state index in [1.54, 1.807) is 48.3 Å². The van der Waals surface area contributed by atoms with Crippen LogP contribution in [0.5, 0.6) is 0 Å². The lowest BCUT2D eigenvalue weighted by atomic mass is 9.91. The average Bonchev–Trinajstić information content (AvgIpc) is 2.82. The van der Waals surface area contributed by atoms with Gasteiger partial charge in [-0.3, -0.25) is 4.98 Å². The summed E-state index contributed by atoms with van der Waals surface area (Å²) in [5.74, 6) is 1.13. The molecular weight excluding hydrogens is 455 g/mol. The number of aromatic nitrogens is 1. The minimum atomic E-state index is -3.47. The Hall–Kier alpha value is -2.69. The Morgan fingerprint density at radius 3 is 2.45 bits per heavy atom. The van der Waals surface area contributed by atoms with Crippen molar-refractivity contribution in [1.29, 1.82) is 5.26 Å². The summed E-state index contributed by atoms with van der Waals surface area (Å²) in [6.07, 6.45) is 10.5. The Morgan fingerprint density at radius 1 is 1.06 bits per heavy atom. The highest BCUT2D eigenvalue weighted by molar-refractivity contribution is 7.99. The van der Waals surface area contributed by atoms with E-state index >= 15 is 0 Å². The Morgan fingerprint density at radius 2 is 1.79 bits per heavy atom. The van der Waals surface area contributed by atoms with Crippen molar-refractivity contribution in [3.63, 3.8) is 0 Å². The van der Waals surface area contributed by atoms with Crippen LogP contribution in [-0.2, 0) is 9.84 Å². The van der Waals surface area contributed by atoms with Crippen LogP contribution < -0.4 is 0 Å². The number of nitriles is 1. The van der Waals surface area contributed by atoms with E-state index in [1.807, 2.05) is 0 Å². The maximum absolute atomic E-state index is 13.7. The van der Waals surface area contributed by atoms with Gasteiger partial charge in [0.2, 0.25) is 0 Å². The molecule has 170 valence electrons. The van der Waals surface area contributed by atoms with E-state index in [0.29, 0.717) is 22.6 Å². The van der Waals surface area contributed by atoms with E-state index in [-0.39, 0.29) is 10.7 Å². The largest absolute Gasteiger partial charge is 0.263 e. The summed E-state index contributed by atoms with van der Waals surface area (Å²) >= 11 is 1.65. The molecule has 3 aromatic rings. The smallest absolute Gasteiger partial charge is 0.175 e. The molecule has 0 saturated heterocycles. The summed E-state index contributed by atoms with van der Waals surface area (Å²) < 4.78 is 38.8. The maximum Gasteiger partial charge on any atom is 0.175 e. The fourth-order valence-corrected chi connectivity index (χ4v) is 6.34. The first kappa shape index (κ1) is 23.5. The summed E-state index contributed by atoms with van der Waals surface area (Å²) in [5, 5.41) is 9.40. The number of nitrogens with zero attached hydrogens (tertiary/aromatic N) is 2. The molecule has 1 saturated carbocycles. The predicted octanol–water partition coefficient (Wildman–Crippen LogP) is 6.50. The van der Waals surface area contributed by atoms with Crippen molar-refractivity contribution in [2.45, 2.75) is 41.9 Å². The van der Waals surface area contributed by atoms with Crippen molar-refractivity contribution in [3.8, 4) is 28.3 Å². The van der Waals surface area contributed by atoms with E-state index in [0.717, 1.165) is 21.8 Å². The highest BCUT2D eigenvalue weighted by atomic mass is 32.2. The highest BCUT2D eigenvalue weighted by Gasteiger charge is 2.21. The van der Waals surface area contributed by atoms with Crippen LogP contribution in [0.4, 0.5) is 4.39 Å². The van der Waals surface area contributed by atoms with Crippen molar-refractivity contribution < 1.29 is 12.8 Å². The molecule has 1 heterocycles. The SMILES string of the molecule is CS(=O)(=O)c1cc(SCC2CCCCC2)c(-c2cncc(C#N)c2)c(-c2ccc(F)cc2)c1. The summed E-state index contributed by atoms with van der Waals surface area (Å²) in [6.45, 7) is 0. The second-order valence-electron chi connectivity index (χ2n) is 8.51. The minimum absolute atomic E-state index is 0.223. The van der Waals surface area contributed by atoms with Crippen LogP contribution >= 0.6 is 11.8 Å². The molecule has 1 aliphatic rings. The molecule has 1 fully saturated rings. The van der Waals surface area contributed by atoms with Crippen molar-refractivity contribution in [1.82, 2.24) is 4.98 Å². The third kappa shape index (κ3) is 5.63. The van der Waals surface area contributed by atoms with Gasteiger partial charge in [-0.2, -0.15) is 5.26 Å². The van der Waals surface area contributed by atoms with Crippen molar-refractivity contribution >= 4 is 21.6 Å². The van der Waals surface area contributed by atoms with Gasteiger partial charge in [-0.25, -0.2) is 12.8 Å². The molecule has 0 N–H and O–H groups in total. The normalized spacial score (nSPS) is 14.7. The topological polar surface area (TPSA) is 70.8 Å². The Balaban J connectivity index is 1.91. The third-order valence-electron chi connectivity index (χ3n) is 6.01. The van der Waals surface area contributed by atoms with Gasteiger partial charge >= 0.3 is 0 Å². The van der Waals surface area contributed by atoms with Gasteiger partial charge in [0, 0.05) is 40.4 Å². The number of hydrogen-bond acceptors (Lipinski definition) is 5. The van der Waals surface area contributed by atoms with Gasteiger partial charge in [0.25, 0.3) is 0 Å². The fourth-order valence-electron chi connectivity index (χ4n) is 4.27. The van der Waals surface area contributed by atoms with Gasteiger partial charge in [0.1, 0.15) is 11.9 Å². The molecular formula is C26H25FN2O2S2. The Kier molecular flexibility index (Phi) is 7.16.